The second-order valence-corrected chi connectivity index (χ2v) is 7.13. The van der Waals surface area contributed by atoms with Crippen molar-refractivity contribution in [3.63, 3.8) is 0 Å². The van der Waals surface area contributed by atoms with Crippen LogP contribution >= 0.6 is 0 Å². The zero-order chi connectivity index (χ0) is 18.3. The van der Waals surface area contributed by atoms with Gasteiger partial charge in [-0.05, 0) is 34.0 Å². The highest BCUT2D eigenvalue weighted by molar-refractivity contribution is 6.13. The number of hydrogen-bond acceptors (Lipinski definition) is 2. The van der Waals surface area contributed by atoms with Crippen molar-refractivity contribution in [1.29, 1.82) is 0 Å². The fourth-order valence-electron chi connectivity index (χ4n) is 4.11. The molecule has 2 heteroatoms. The predicted octanol–water partition coefficient (Wildman–Crippen LogP) is 5.59. The topological polar surface area (TPSA) is 29.1 Å². The fraction of sp³-hybridized carbons (Fsp3) is 0.0800. The molecule has 4 aromatic carbocycles. The second-order valence-electron chi connectivity index (χ2n) is 7.13. The van der Waals surface area contributed by atoms with Gasteiger partial charge in [-0.1, -0.05) is 84.9 Å². The molecule has 0 saturated carbocycles. The van der Waals surface area contributed by atoms with E-state index in [9.17, 15) is 4.79 Å². The van der Waals surface area contributed by atoms with E-state index in [0.717, 1.165) is 22.4 Å². The van der Waals surface area contributed by atoms with Crippen molar-refractivity contribution >= 4 is 22.2 Å². The number of ketones is 1. The lowest BCUT2D eigenvalue weighted by Gasteiger charge is -2.29. The van der Waals surface area contributed by atoms with Gasteiger partial charge in [-0.25, -0.2) is 0 Å². The molecule has 5 rings (SSSR count). The zero-order valence-electron chi connectivity index (χ0n) is 14.9. The van der Waals surface area contributed by atoms with E-state index in [1.807, 2.05) is 66.7 Å². The molecule has 130 valence electrons. The number of carbonyl (C=O) groups is 1. The van der Waals surface area contributed by atoms with Crippen LogP contribution in [0.2, 0.25) is 0 Å². The maximum absolute atomic E-state index is 13.5. The van der Waals surface area contributed by atoms with Crippen molar-refractivity contribution in [2.24, 2.45) is 0 Å². The summed E-state index contributed by atoms with van der Waals surface area (Å²) in [7, 11) is 0. The first-order valence-electron chi connectivity index (χ1n) is 9.21. The largest absolute Gasteiger partial charge is 0.368 e. The van der Waals surface area contributed by atoms with E-state index in [0.29, 0.717) is 6.42 Å². The van der Waals surface area contributed by atoms with Gasteiger partial charge in [0.15, 0.2) is 5.78 Å². The first-order chi connectivity index (χ1) is 13.3. The molecule has 0 bridgehead atoms. The van der Waals surface area contributed by atoms with E-state index in [2.05, 4.69) is 35.6 Å². The summed E-state index contributed by atoms with van der Waals surface area (Å²) in [5.74, 6) is 0.137. The van der Waals surface area contributed by atoms with Crippen molar-refractivity contribution in [2.75, 3.05) is 5.32 Å². The number of nitrogens with one attached hydrogen (secondary N) is 1. The van der Waals surface area contributed by atoms with E-state index >= 15 is 0 Å². The van der Waals surface area contributed by atoms with Gasteiger partial charge in [-0.3, -0.25) is 4.79 Å². The van der Waals surface area contributed by atoms with Gasteiger partial charge < -0.3 is 5.32 Å². The molecule has 0 radical (unpaired) electrons. The molecule has 0 spiro atoms. The van der Waals surface area contributed by atoms with Crippen LogP contribution in [0.5, 0.6) is 0 Å². The molecule has 0 aromatic heterocycles. The molecule has 27 heavy (non-hydrogen) atoms. The number of anilines is 1. The molecule has 0 fully saturated rings. The smallest absolute Gasteiger partial charge is 0.195 e. The maximum Gasteiger partial charge on any atom is 0.195 e. The highest BCUT2D eigenvalue weighted by atomic mass is 16.1. The van der Waals surface area contributed by atoms with Crippen LogP contribution in [0.4, 0.5) is 5.69 Å². The van der Waals surface area contributed by atoms with Crippen LogP contribution in [0.1, 0.15) is 21.5 Å². The van der Waals surface area contributed by atoms with Gasteiger partial charge in [0.2, 0.25) is 0 Å². The zero-order valence-corrected chi connectivity index (χ0v) is 14.9. The first-order valence-corrected chi connectivity index (χ1v) is 9.21. The number of fused-ring (bicyclic) bond motifs is 2. The molecule has 0 aliphatic carbocycles. The van der Waals surface area contributed by atoms with Crippen molar-refractivity contribution in [3.05, 3.63) is 114 Å². The predicted molar refractivity (Wildman–Crippen MR) is 110 cm³/mol. The number of Topliss-reactive ketones (excluding diaryl/α,β-unsaturated/α-hetero) is 1. The summed E-state index contributed by atoms with van der Waals surface area (Å²) in [6.45, 7) is 0. The van der Waals surface area contributed by atoms with Gasteiger partial charge >= 0.3 is 0 Å². The van der Waals surface area contributed by atoms with Crippen LogP contribution in [0.25, 0.3) is 10.8 Å². The normalized spacial score (nSPS) is 18.3. The van der Waals surface area contributed by atoms with E-state index < -0.39 is 5.54 Å². The molecular formula is C25H19NO. The summed E-state index contributed by atoms with van der Waals surface area (Å²) in [4.78, 5) is 13.5. The number of benzene rings is 4. The Labute approximate surface area is 158 Å². The highest BCUT2D eigenvalue weighted by Gasteiger charge is 2.46. The fourth-order valence-corrected chi connectivity index (χ4v) is 4.11. The van der Waals surface area contributed by atoms with Crippen molar-refractivity contribution in [2.45, 2.75) is 12.0 Å². The summed E-state index contributed by atoms with van der Waals surface area (Å²) in [6.07, 6.45) is 0.607. The monoisotopic (exact) mass is 349 g/mol. The van der Waals surface area contributed by atoms with Crippen molar-refractivity contribution in [3.8, 4) is 0 Å². The van der Waals surface area contributed by atoms with Gasteiger partial charge in [0.1, 0.15) is 5.54 Å². The minimum Gasteiger partial charge on any atom is -0.368 e. The Morgan fingerprint density at radius 3 is 2.22 bits per heavy atom. The Morgan fingerprint density at radius 2 is 1.41 bits per heavy atom. The standard InChI is InChI=1S/C25H19NO/c27-24-22-12-6-7-13-23(22)26-25(24,21-10-2-1-3-11-21)17-18-14-15-19-8-4-5-9-20(19)16-18/h1-16,26H,17H2. The molecule has 1 heterocycles. The Bertz CT molecular complexity index is 1150. The van der Waals surface area contributed by atoms with Crippen molar-refractivity contribution in [1.82, 2.24) is 0 Å². The van der Waals surface area contributed by atoms with Gasteiger partial charge in [0.25, 0.3) is 0 Å². The Kier molecular flexibility index (Phi) is 3.58. The molecule has 4 aromatic rings. The average Bonchev–Trinajstić information content (AvgIpc) is 3.01. The van der Waals surface area contributed by atoms with Gasteiger partial charge in [0, 0.05) is 17.7 Å². The minimum atomic E-state index is -0.770. The third-order valence-corrected chi connectivity index (χ3v) is 5.46. The van der Waals surface area contributed by atoms with Gasteiger partial charge in [0.05, 0.1) is 0 Å². The molecule has 2 nitrogen and oxygen atoms in total. The van der Waals surface area contributed by atoms with Crippen LogP contribution in [0.15, 0.2) is 97.1 Å². The Morgan fingerprint density at radius 1 is 0.704 bits per heavy atom. The van der Waals surface area contributed by atoms with Crippen LogP contribution in [0.3, 0.4) is 0 Å². The molecular weight excluding hydrogens is 330 g/mol. The summed E-state index contributed by atoms with van der Waals surface area (Å²) in [6, 6.07) is 32.6. The Hall–Kier alpha value is -3.39. The molecule has 1 N–H and O–H groups in total. The Balaban J connectivity index is 1.64. The molecule has 0 saturated heterocycles. The van der Waals surface area contributed by atoms with Crippen LogP contribution in [-0.2, 0) is 12.0 Å². The number of rotatable bonds is 3. The molecule has 1 aliphatic heterocycles. The summed E-state index contributed by atoms with van der Waals surface area (Å²) in [5, 5.41) is 5.97. The average molecular weight is 349 g/mol. The third kappa shape index (κ3) is 2.53. The highest BCUT2D eigenvalue weighted by Crippen LogP contribution is 2.41. The van der Waals surface area contributed by atoms with E-state index in [1.54, 1.807) is 0 Å². The third-order valence-electron chi connectivity index (χ3n) is 5.46. The maximum atomic E-state index is 13.5. The first kappa shape index (κ1) is 15.8. The number of hydrogen-bond donors (Lipinski definition) is 1. The SMILES string of the molecule is O=C1c2ccccc2NC1(Cc1ccc2ccccc2c1)c1ccccc1. The van der Waals surface area contributed by atoms with Crippen molar-refractivity contribution < 1.29 is 4.79 Å². The van der Waals surface area contributed by atoms with E-state index in [4.69, 9.17) is 0 Å². The number of para-hydroxylation sites is 1. The van der Waals surface area contributed by atoms with Crippen LogP contribution in [0, 0.1) is 0 Å². The lowest BCUT2D eigenvalue weighted by atomic mass is 9.80. The quantitative estimate of drug-likeness (QED) is 0.523. The summed E-state index contributed by atoms with van der Waals surface area (Å²) < 4.78 is 0. The van der Waals surface area contributed by atoms with Crippen LogP contribution < -0.4 is 5.32 Å². The number of carbonyl (C=O) groups excluding carboxylic acids is 1. The summed E-state index contributed by atoms with van der Waals surface area (Å²) >= 11 is 0. The molecule has 1 aliphatic rings. The van der Waals surface area contributed by atoms with Gasteiger partial charge in [-0.2, -0.15) is 0 Å². The van der Waals surface area contributed by atoms with Crippen LogP contribution in [-0.4, -0.2) is 5.78 Å². The lowest BCUT2D eigenvalue weighted by molar-refractivity contribution is 0.0916. The molecule has 0 amide bonds. The minimum absolute atomic E-state index is 0.137. The lowest BCUT2D eigenvalue weighted by Crippen LogP contribution is -2.40. The second kappa shape index (κ2) is 6.10. The van der Waals surface area contributed by atoms with E-state index in [-0.39, 0.29) is 5.78 Å². The summed E-state index contributed by atoms with van der Waals surface area (Å²) in [5.41, 5.74) is 3.05. The van der Waals surface area contributed by atoms with E-state index in [1.165, 1.54) is 10.8 Å². The van der Waals surface area contributed by atoms with Gasteiger partial charge in [-0.15, -0.1) is 0 Å². The molecule has 1 unspecified atom stereocenters. The molecule has 1 atom stereocenters.